The molecule has 1 N–H and O–H groups in total. The molecule has 1 aromatic carbocycles. The van der Waals surface area contributed by atoms with E-state index < -0.39 is 0 Å². The van der Waals surface area contributed by atoms with Gasteiger partial charge in [0.15, 0.2) is 0 Å². The van der Waals surface area contributed by atoms with Gasteiger partial charge in [-0.05, 0) is 76.4 Å². The summed E-state index contributed by atoms with van der Waals surface area (Å²) in [5.74, 6) is 1.86. The fourth-order valence-corrected chi connectivity index (χ4v) is 2.99. The maximum Gasteiger partial charge on any atom is 0.122 e. The first-order chi connectivity index (χ1) is 10.1. The molecule has 1 aliphatic rings. The van der Waals surface area contributed by atoms with Crippen molar-refractivity contribution in [3.63, 3.8) is 0 Å². The lowest BCUT2D eigenvalue weighted by Gasteiger charge is -2.27. The van der Waals surface area contributed by atoms with E-state index in [9.17, 15) is 0 Å². The van der Waals surface area contributed by atoms with Crippen molar-refractivity contribution in [2.75, 3.05) is 39.8 Å². The first kappa shape index (κ1) is 16.3. The van der Waals surface area contributed by atoms with Crippen molar-refractivity contribution in [2.45, 2.75) is 33.1 Å². The van der Waals surface area contributed by atoms with Crippen LogP contribution in [0.15, 0.2) is 18.2 Å². The minimum atomic E-state index is 0.803. The normalized spacial score (nSPS) is 19.0. The number of ether oxygens (including phenoxy) is 1. The lowest BCUT2D eigenvalue weighted by molar-refractivity contribution is 0.220. The van der Waals surface area contributed by atoms with E-state index in [2.05, 4.69) is 49.3 Å². The summed E-state index contributed by atoms with van der Waals surface area (Å²) in [6, 6.07) is 6.40. The molecule has 0 saturated carbocycles. The number of benzene rings is 1. The zero-order valence-electron chi connectivity index (χ0n) is 13.8. The highest BCUT2D eigenvalue weighted by atomic mass is 16.5. The fraction of sp³-hybridized carbons (Fsp3) is 0.667. The maximum atomic E-state index is 5.92. The minimum Gasteiger partial charge on any atom is -0.493 e. The van der Waals surface area contributed by atoms with Crippen LogP contribution in [0.5, 0.6) is 5.75 Å². The zero-order valence-corrected chi connectivity index (χ0v) is 13.8. The molecule has 0 aromatic heterocycles. The Morgan fingerprint density at radius 2 is 2.19 bits per heavy atom. The van der Waals surface area contributed by atoms with Gasteiger partial charge in [-0.2, -0.15) is 0 Å². The topological polar surface area (TPSA) is 24.5 Å². The van der Waals surface area contributed by atoms with E-state index in [0.717, 1.165) is 31.2 Å². The molecule has 1 unspecified atom stereocenters. The van der Waals surface area contributed by atoms with Gasteiger partial charge in [0, 0.05) is 13.1 Å². The van der Waals surface area contributed by atoms with Gasteiger partial charge in [0.1, 0.15) is 5.75 Å². The largest absolute Gasteiger partial charge is 0.493 e. The van der Waals surface area contributed by atoms with Gasteiger partial charge in [-0.3, -0.25) is 0 Å². The molecular weight excluding hydrogens is 260 g/mol. The number of nitrogens with zero attached hydrogens (tertiary/aromatic N) is 1. The molecule has 1 aromatic rings. The van der Waals surface area contributed by atoms with Gasteiger partial charge in [0.2, 0.25) is 0 Å². The SMILES string of the molecule is Cc1ccc(C)c(OCCCN(C)CC2CCCNC2)c1. The summed E-state index contributed by atoms with van der Waals surface area (Å²) in [5.41, 5.74) is 2.49. The van der Waals surface area contributed by atoms with Crippen LogP contribution in [-0.4, -0.2) is 44.7 Å². The number of hydrogen-bond donors (Lipinski definition) is 1. The van der Waals surface area contributed by atoms with E-state index in [4.69, 9.17) is 4.74 Å². The molecule has 1 atom stereocenters. The number of piperidine rings is 1. The summed E-state index contributed by atoms with van der Waals surface area (Å²) in [5, 5.41) is 3.49. The summed E-state index contributed by atoms with van der Waals surface area (Å²) in [4.78, 5) is 2.45. The Hall–Kier alpha value is -1.06. The average Bonchev–Trinajstić information content (AvgIpc) is 2.48. The molecule has 0 spiro atoms. The molecule has 1 fully saturated rings. The van der Waals surface area contributed by atoms with Crippen LogP contribution in [0.25, 0.3) is 0 Å². The first-order valence-electron chi connectivity index (χ1n) is 8.24. The van der Waals surface area contributed by atoms with E-state index in [1.807, 2.05) is 0 Å². The van der Waals surface area contributed by atoms with E-state index in [0.29, 0.717) is 0 Å². The zero-order chi connectivity index (χ0) is 15.1. The third-order valence-corrected chi connectivity index (χ3v) is 4.25. The summed E-state index contributed by atoms with van der Waals surface area (Å²) in [6.07, 6.45) is 3.79. The smallest absolute Gasteiger partial charge is 0.122 e. The summed E-state index contributed by atoms with van der Waals surface area (Å²) in [6.45, 7) is 9.72. The molecule has 0 amide bonds. The fourth-order valence-electron chi connectivity index (χ4n) is 2.99. The van der Waals surface area contributed by atoms with E-state index in [1.54, 1.807) is 0 Å². The molecule has 3 heteroatoms. The predicted octanol–water partition coefficient (Wildman–Crippen LogP) is 3.00. The third-order valence-electron chi connectivity index (χ3n) is 4.25. The second kappa shape index (κ2) is 8.40. The van der Waals surface area contributed by atoms with Crippen molar-refractivity contribution >= 4 is 0 Å². The summed E-state index contributed by atoms with van der Waals surface area (Å²) in [7, 11) is 2.23. The second-order valence-corrected chi connectivity index (χ2v) is 6.45. The molecule has 2 rings (SSSR count). The van der Waals surface area contributed by atoms with E-state index in [-0.39, 0.29) is 0 Å². The van der Waals surface area contributed by atoms with E-state index >= 15 is 0 Å². The van der Waals surface area contributed by atoms with Crippen LogP contribution in [0.4, 0.5) is 0 Å². The molecule has 0 aliphatic carbocycles. The number of rotatable bonds is 7. The maximum absolute atomic E-state index is 5.92. The van der Waals surface area contributed by atoms with Crippen LogP contribution in [0.2, 0.25) is 0 Å². The van der Waals surface area contributed by atoms with Crippen LogP contribution >= 0.6 is 0 Å². The minimum absolute atomic E-state index is 0.803. The Morgan fingerprint density at radius 3 is 2.95 bits per heavy atom. The van der Waals surface area contributed by atoms with Gasteiger partial charge in [0.25, 0.3) is 0 Å². The van der Waals surface area contributed by atoms with Gasteiger partial charge in [0.05, 0.1) is 6.61 Å². The van der Waals surface area contributed by atoms with Crippen LogP contribution in [0, 0.1) is 19.8 Å². The van der Waals surface area contributed by atoms with Gasteiger partial charge >= 0.3 is 0 Å². The Kier molecular flexibility index (Phi) is 6.52. The highest BCUT2D eigenvalue weighted by Gasteiger charge is 2.14. The van der Waals surface area contributed by atoms with E-state index in [1.165, 1.54) is 43.6 Å². The number of aryl methyl sites for hydroxylation is 2. The Labute approximate surface area is 129 Å². The van der Waals surface area contributed by atoms with Crippen molar-refractivity contribution in [1.82, 2.24) is 10.2 Å². The predicted molar refractivity (Wildman–Crippen MR) is 89.1 cm³/mol. The van der Waals surface area contributed by atoms with Crippen LogP contribution < -0.4 is 10.1 Å². The number of hydrogen-bond acceptors (Lipinski definition) is 3. The molecule has 1 aliphatic heterocycles. The lowest BCUT2D eigenvalue weighted by Crippen LogP contribution is -2.37. The lowest BCUT2D eigenvalue weighted by atomic mass is 9.99. The quantitative estimate of drug-likeness (QED) is 0.781. The average molecular weight is 290 g/mol. The second-order valence-electron chi connectivity index (χ2n) is 6.45. The third kappa shape index (κ3) is 5.68. The molecule has 0 bridgehead atoms. The monoisotopic (exact) mass is 290 g/mol. The first-order valence-corrected chi connectivity index (χ1v) is 8.24. The Balaban J connectivity index is 1.63. The highest BCUT2D eigenvalue weighted by molar-refractivity contribution is 5.35. The molecule has 0 radical (unpaired) electrons. The van der Waals surface area contributed by atoms with Gasteiger partial charge < -0.3 is 15.0 Å². The molecule has 21 heavy (non-hydrogen) atoms. The van der Waals surface area contributed by atoms with Gasteiger partial charge in [-0.25, -0.2) is 0 Å². The van der Waals surface area contributed by atoms with Crippen LogP contribution in [0.1, 0.15) is 30.4 Å². The Bertz CT molecular complexity index is 427. The van der Waals surface area contributed by atoms with Crippen molar-refractivity contribution in [2.24, 2.45) is 5.92 Å². The Morgan fingerprint density at radius 1 is 1.33 bits per heavy atom. The molecule has 118 valence electrons. The van der Waals surface area contributed by atoms with Crippen molar-refractivity contribution in [3.05, 3.63) is 29.3 Å². The van der Waals surface area contributed by atoms with Crippen molar-refractivity contribution in [3.8, 4) is 5.75 Å². The van der Waals surface area contributed by atoms with Gasteiger partial charge in [-0.15, -0.1) is 0 Å². The highest BCUT2D eigenvalue weighted by Crippen LogP contribution is 2.19. The standard InChI is InChI=1S/C18H30N2O/c1-15-7-8-16(2)18(12-15)21-11-5-10-20(3)14-17-6-4-9-19-13-17/h7-8,12,17,19H,4-6,9-11,13-14H2,1-3H3. The van der Waals surface area contributed by atoms with Gasteiger partial charge in [-0.1, -0.05) is 12.1 Å². The van der Waals surface area contributed by atoms with Crippen molar-refractivity contribution in [1.29, 1.82) is 0 Å². The van der Waals surface area contributed by atoms with Crippen LogP contribution in [-0.2, 0) is 0 Å². The summed E-state index contributed by atoms with van der Waals surface area (Å²) >= 11 is 0. The van der Waals surface area contributed by atoms with Crippen molar-refractivity contribution < 1.29 is 4.74 Å². The molecule has 1 saturated heterocycles. The molecule has 3 nitrogen and oxygen atoms in total. The molecule has 1 heterocycles. The number of nitrogens with one attached hydrogen (secondary N) is 1. The van der Waals surface area contributed by atoms with Crippen LogP contribution in [0.3, 0.4) is 0 Å². The molecular formula is C18H30N2O. The summed E-state index contributed by atoms with van der Waals surface area (Å²) < 4.78 is 5.92.